The largest absolute Gasteiger partial charge is 0.347 e. The Bertz CT molecular complexity index is 816. The third-order valence-corrected chi connectivity index (χ3v) is 7.27. The molecule has 1 aliphatic carbocycles. The van der Waals surface area contributed by atoms with Crippen LogP contribution in [-0.2, 0) is 6.54 Å². The van der Waals surface area contributed by atoms with Crippen LogP contribution in [0.25, 0.3) is 0 Å². The number of piperidine rings is 1. The maximum atomic E-state index is 13.2. The van der Waals surface area contributed by atoms with Gasteiger partial charge in [0.25, 0.3) is 11.8 Å². The molecule has 1 aliphatic heterocycles. The number of thiophene rings is 1. The highest BCUT2D eigenvalue weighted by Crippen LogP contribution is 2.39. The Labute approximate surface area is 170 Å². The summed E-state index contributed by atoms with van der Waals surface area (Å²) < 4.78 is 0. The zero-order valence-corrected chi connectivity index (χ0v) is 17.2. The fourth-order valence-electron chi connectivity index (χ4n) is 4.77. The van der Waals surface area contributed by atoms with Crippen molar-refractivity contribution in [1.82, 2.24) is 10.2 Å². The monoisotopic (exact) mass is 396 g/mol. The number of benzene rings is 1. The number of hydrogen-bond donors (Lipinski definition) is 1. The van der Waals surface area contributed by atoms with Gasteiger partial charge in [-0.05, 0) is 60.2 Å². The molecule has 1 aromatic carbocycles. The van der Waals surface area contributed by atoms with E-state index in [9.17, 15) is 9.59 Å². The molecular formula is C23H28N2O2S. The van der Waals surface area contributed by atoms with Gasteiger partial charge < -0.3 is 10.2 Å². The Morgan fingerprint density at radius 1 is 1.11 bits per heavy atom. The van der Waals surface area contributed by atoms with Gasteiger partial charge in [-0.3, -0.25) is 9.59 Å². The summed E-state index contributed by atoms with van der Waals surface area (Å²) in [7, 11) is 0. The molecule has 2 amide bonds. The molecule has 148 valence electrons. The number of likely N-dealkylation sites (tertiary alicyclic amines) is 1. The van der Waals surface area contributed by atoms with Gasteiger partial charge in [0.2, 0.25) is 0 Å². The van der Waals surface area contributed by atoms with Crippen LogP contribution in [0, 0.1) is 11.8 Å². The van der Waals surface area contributed by atoms with Crippen molar-refractivity contribution in [2.75, 3.05) is 6.54 Å². The minimum Gasteiger partial charge on any atom is -0.347 e. The molecule has 3 atom stereocenters. The van der Waals surface area contributed by atoms with Crippen LogP contribution >= 0.6 is 11.3 Å². The molecule has 2 aliphatic rings. The highest BCUT2D eigenvalue weighted by atomic mass is 32.1. The average molecular weight is 397 g/mol. The second-order valence-electron chi connectivity index (χ2n) is 8.14. The Balaban J connectivity index is 1.39. The molecular weight excluding hydrogens is 368 g/mol. The van der Waals surface area contributed by atoms with Crippen molar-refractivity contribution in [3.05, 3.63) is 57.8 Å². The Morgan fingerprint density at radius 2 is 1.89 bits per heavy atom. The zero-order valence-electron chi connectivity index (χ0n) is 16.4. The van der Waals surface area contributed by atoms with Crippen molar-refractivity contribution >= 4 is 23.2 Å². The molecule has 1 saturated heterocycles. The van der Waals surface area contributed by atoms with Crippen LogP contribution in [0.3, 0.4) is 0 Å². The average Bonchev–Trinajstić information content (AvgIpc) is 3.27. The van der Waals surface area contributed by atoms with Gasteiger partial charge in [0, 0.05) is 24.7 Å². The van der Waals surface area contributed by atoms with Crippen molar-refractivity contribution in [2.24, 2.45) is 11.8 Å². The van der Waals surface area contributed by atoms with Crippen LogP contribution in [0.4, 0.5) is 0 Å². The number of fused-ring (bicyclic) bond motifs is 1. The van der Waals surface area contributed by atoms with E-state index in [0.29, 0.717) is 23.4 Å². The lowest BCUT2D eigenvalue weighted by atomic mass is 9.72. The summed E-state index contributed by atoms with van der Waals surface area (Å²) in [6.45, 7) is 3.70. The number of amides is 2. The van der Waals surface area contributed by atoms with Gasteiger partial charge in [-0.25, -0.2) is 0 Å². The highest BCUT2D eigenvalue weighted by Gasteiger charge is 2.39. The maximum Gasteiger partial charge on any atom is 0.261 e. The Morgan fingerprint density at radius 3 is 2.64 bits per heavy atom. The molecule has 2 heterocycles. The minimum absolute atomic E-state index is 0.0547. The first-order valence-corrected chi connectivity index (χ1v) is 11.2. The maximum absolute atomic E-state index is 13.2. The van der Waals surface area contributed by atoms with Gasteiger partial charge in [0.1, 0.15) is 0 Å². The van der Waals surface area contributed by atoms with Crippen molar-refractivity contribution in [3.63, 3.8) is 0 Å². The Kier molecular flexibility index (Phi) is 5.81. The molecule has 0 radical (unpaired) electrons. The van der Waals surface area contributed by atoms with Crippen molar-refractivity contribution < 1.29 is 9.59 Å². The van der Waals surface area contributed by atoms with Gasteiger partial charge in [0.05, 0.1) is 4.88 Å². The van der Waals surface area contributed by atoms with E-state index in [0.717, 1.165) is 36.4 Å². The molecule has 0 unspecified atom stereocenters. The molecule has 0 bridgehead atoms. The van der Waals surface area contributed by atoms with Gasteiger partial charge >= 0.3 is 0 Å². The molecule has 4 nitrogen and oxygen atoms in total. The first-order chi connectivity index (χ1) is 13.6. The lowest BCUT2D eigenvalue weighted by Gasteiger charge is -2.47. The number of nitrogens with one attached hydrogen (secondary N) is 1. The van der Waals surface area contributed by atoms with Crippen LogP contribution in [0.2, 0.25) is 0 Å². The second kappa shape index (κ2) is 8.48. The van der Waals surface area contributed by atoms with Crippen molar-refractivity contribution in [1.29, 1.82) is 0 Å². The topological polar surface area (TPSA) is 49.4 Å². The van der Waals surface area contributed by atoms with E-state index in [-0.39, 0.29) is 11.8 Å². The molecule has 2 fully saturated rings. The Hall–Kier alpha value is -2.14. The van der Waals surface area contributed by atoms with E-state index >= 15 is 0 Å². The molecule has 1 N–H and O–H groups in total. The molecule has 4 rings (SSSR count). The molecule has 1 aromatic heterocycles. The summed E-state index contributed by atoms with van der Waals surface area (Å²) in [5, 5.41) is 4.83. The van der Waals surface area contributed by atoms with E-state index in [1.54, 1.807) is 0 Å². The standard InChI is InChI=1S/C23H28N2O2S/c1-16-12-13-25(20-6-3-2-5-19(16)20)23(27)18-10-8-17(9-11-18)15-24-22(26)21-7-4-14-28-21/h4,7-11,14,16,19-20H,2-3,5-6,12-13,15H2,1H3,(H,24,26)/t16-,19+,20+/m0/s1. The van der Waals surface area contributed by atoms with Crippen molar-refractivity contribution in [2.45, 2.75) is 51.6 Å². The predicted molar refractivity (Wildman–Crippen MR) is 112 cm³/mol. The number of carbonyl (C=O) groups excluding carboxylic acids is 2. The lowest BCUT2D eigenvalue weighted by Crippen LogP contribution is -2.52. The quantitative estimate of drug-likeness (QED) is 0.813. The number of nitrogens with zero attached hydrogens (tertiary/aromatic N) is 1. The van der Waals surface area contributed by atoms with Crippen LogP contribution < -0.4 is 5.32 Å². The molecule has 1 saturated carbocycles. The van der Waals surface area contributed by atoms with Gasteiger partial charge in [-0.1, -0.05) is 38.0 Å². The van der Waals surface area contributed by atoms with Gasteiger partial charge in [-0.2, -0.15) is 0 Å². The van der Waals surface area contributed by atoms with Crippen molar-refractivity contribution in [3.8, 4) is 0 Å². The fourth-order valence-corrected chi connectivity index (χ4v) is 5.41. The van der Waals surface area contributed by atoms with Gasteiger partial charge in [0.15, 0.2) is 0 Å². The van der Waals surface area contributed by atoms with Crippen LogP contribution in [0.15, 0.2) is 41.8 Å². The SMILES string of the molecule is C[C@H]1CCN(C(=O)c2ccc(CNC(=O)c3cccs3)cc2)[C@@H]2CCCC[C@@H]21. The highest BCUT2D eigenvalue weighted by molar-refractivity contribution is 7.12. The summed E-state index contributed by atoms with van der Waals surface area (Å²) in [4.78, 5) is 28.1. The molecule has 28 heavy (non-hydrogen) atoms. The third kappa shape index (κ3) is 4.00. The third-order valence-electron chi connectivity index (χ3n) is 6.40. The summed E-state index contributed by atoms with van der Waals surface area (Å²) in [5.41, 5.74) is 1.76. The van der Waals surface area contributed by atoms with Gasteiger partial charge in [-0.15, -0.1) is 11.3 Å². The number of rotatable bonds is 4. The van der Waals surface area contributed by atoms with E-state index in [1.165, 1.54) is 30.6 Å². The zero-order chi connectivity index (χ0) is 19.5. The number of hydrogen-bond acceptors (Lipinski definition) is 3. The summed E-state index contributed by atoms with van der Waals surface area (Å²) >= 11 is 1.44. The molecule has 2 aromatic rings. The normalized spacial score (nSPS) is 24.5. The van der Waals surface area contributed by atoms with E-state index < -0.39 is 0 Å². The molecule has 5 heteroatoms. The number of carbonyl (C=O) groups is 2. The molecule has 0 spiro atoms. The van der Waals surface area contributed by atoms with Crippen LogP contribution in [0.5, 0.6) is 0 Å². The predicted octanol–water partition coefficient (Wildman–Crippen LogP) is 4.72. The van der Waals surface area contributed by atoms with E-state index in [2.05, 4.69) is 17.1 Å². The van der Waals surface area contributed by atoms with E-state index in [4.69, 9.17) is 0 Å². The second-order valence-corrected chi connectivity index (χ2v) is 9.08. The fraction of sp³-hybridized carbons (Fsp3) is 0.478. The minimum atomic E-state index is -0.0547. The van der Waals surface area contributed by atoms with Crippen LogP contribution in [0.1, 0.15) is 64.6 Å². The summed E-state index contributed by atoms with van der Waals surface area (Å²) in [5.74, 6) is 1.50. The van der Waals surface area contributed by atoms with E-state index in [1.807, 2.05) is 41.8 Å². The lowest BCUT2D eigenvalue weighted by molar-refractivity contribution is 0.0217. The smallest absolute Gasteiger partial charge is 0.261 e. The first kappa shape index (κ1) is 19.2. The first-order valence-electron chi connectivity index (χ1n) is 10.3. The summed E-state index contributed by atoms with van der Waals surface area (Å²) in [6.07, 6.45) is 6.06. The summed E-state index contributed by atoms with van der Waals surface area (Å²) in [6, 6.07) is 11.8. The van der Waals surface area contributed by atoms with Crippen LogP contribution in [-0.4, -0.2) is 29.3 Å².